The molecular formula is C14H18Cl2N4O2. The second-order valence-corrected chi connectivity index (χ2v) is 5.02. The van der Waals surface area contributed by atoms with E-state index >= 15 is 0 Å². The van der Waals surface area contributed by atoms with Gasteiger partial charge in [-0.15, -0.1) is 24.8 Å². The molecule has 2 aromatic heterocycles. The zero-order valence-electron chi connectivity index (χ0n) is 11.8. The van der Waals surface area contributed by atoms with E-state index in [0.29, 0.717) is 18.2 Å². The van der Waals surface area contributed by atoms with Crippen LogP contribution in [-0.4, -0.2) is 28.6 Å². The van der Waals surface area contributed by atoms with E-state index in [0.717, 1.165) is 18.4 Å². The second-order valence-electron chi connectivity index (χ2n) is 5.02. The minimum Gasteiger partial charge on any atom is -0.355 e. The Kier molecular flexibility index (Phi) is 6.80. The molecule has 1 aliphatic rings. The first kappa shape index (κ1) is 18.4. The van der Waals surface area contributed by atoms with Crippen molar-refractivity contribution in [1.82, 2.24) is 15.5 Å². The molecule has 3 rings (SSSR count). The molecule has 22 heavy (non-hydrogen) atoms. The number of pyridine rings is 1. The van der Waals surface area contributed by atoms with Gasteiger partial charge >= 0.3 is 0 Å². The van der Waals surface area contributed by atoms with Gasteiger partial charge in [0.25, 0.3) is 5.91 Å². The summed E-state index contributed by atoms with van der Waals surface area (Å²) in [6.45, 7) is 0.473. The molecule has 0 saturated heterocycles. The molecule has 1 amide bonds. The van der Waals surface area contributed by atoms with Crippen molar-refractivity contribution >= 4 is 30.7 Å². The third-order valence-corrected chi connectivity index (χ3v) is 3.43. The van der Waals surface area contributed by atoms with Crippen LogP contribution in [0, 0.1) is 5.92 Å². The molecule has 8 heteroatoms. The molecule has 0 aromatic carbocycles. The van der Waals surface area contributed by atoms with Gasteiger partial charge < -0.3 is 15.6 Å². The lowest BCUT2D eigenvalue weighted by atomic mass is 10.2. The molecule has 1 fully saturated rings. The van der Waals surface area contributed by atoms with Crippen LogP contribution in [0.1, 0.15) is 23.3 Å². The predicted molar refractivity (Wildman–Crippen MR) is 87.3 cm³/mol. The molecule has 1 aliphatic carbocycles. The van der Waals surface area contributed by atoms with Crippen molar-refractivity contribution in [1.29, 1.82) is 0 Å². The first-order valence-corrected chi connectivity index (χ1v) is 6.65. The molecule has 1 atom stereocenters. The Morgan fingerprint density at radius 2 is 2.05 bits per heavy atom. The average molecular weight is 345 g/mol. The van der Waals surface area contributed by atoms with Gasteiger partial charge in [-0.25, -0.2) is 0 Å². The largest absolute Gasteiger partial charge is 0.355 e. The van der Waals surface area contributed by atoms with Crippen molar-refractivity contribution in [2.24, 2.45) is 11.7 Å². The van der Waals surface area contributed by atoms with Crippen LogP contribution in [0.4, 0.5) is 0 Å². The fourth-order valence-corrected chi connectivity index (χ4v) is 2.03. The maximum atomic E-state index is 11.9. The molecule has 3 N–H and O–H groups in total. The minimum atomic E-state index is -0.259. The van der Waals surface area contributed by atoms with Gasteiger partial charge in [-0.2, -0.15) is 0 Å². The molecule has 0 aliphatic heterocycles. The van der Waals surface area contributed by atoms with E-state index in [-0.39, 0.29) is 42.5 Å². The van der Waals surface area contributed by atoms with Gasteiger partial charge in [0.05, 0.1) is 0 Å². The van der Waals surface area contributed by atoms with E-state index < -0.39 is 0 Å². The fraction of sp³-hybridized carbons (Fsp3) is 0.357. The Bertz CT molecular complexity index is 602. The highest BCUT2D eigenvalue weighted by molar-refractivity contribution is 5.93. The minimum absolute atomic E-state index is 0. The summed E-state index contributed by atoms with van der Waals surface area (Å²) < 4.78 is 5.17. The predicted octanol–water partition coefficient (Wildman–Crippen LogP) is 2.05. The molecule has 120 valence electrons. The topological polar surface area (TPSA) is 94.0 Å². The smallest absolute Gasteiger partial charge is 0.273 e. The van der Waals surface area contributed by atoms with Crippen LogP contribution in [0.25, 0.3) is 11.3 Å². The molecule has 1 saturated carbocycles. The van der Waals surface area contributed by atoms with Gasteiger partial charge in [0.15, 0.2) is 11.5 Å². The van der Waals surface area contributed by atoms with E-state index in [1.807, 2.05) is 0 Å². The van der Waals surface area contributed by atoms with E-state index in [2.05, 4.69) is 15.5 Å². The summed E-state index contributed by atoms with van der Waals surface area (Å²) >= 11 is 0. The number of nitrogens with one attached hydrogen (secondary N) is 1. The molecule has 6 nitrogen and oxygen atoms in total. The van der Waals surface area contributed by atoms with Crippen LogP contribution < -0.4 is 11.1 Å². The first-order chi connectivity index (χ1) is 9.74. The maximum absolute atomic E-state index is 11.9. The standard InChI is InChI=1S/C14H16N4O2.2ClH/c15-11(9-1-2-9)8-17-14(19)12-7-13(20-18-12)10-3-5-16-6-4-10;;/h3-7,9,11H,1-2,8,15H2,(H,17,19);2*1H. The van der Waals surface area contributed by atoms with Crippen molar-refractivity contribution in [3.63, 3.8) is 0 Å². The van der Waals surface area contributed by atoms with Gasteiger partial charge in [0, 0.05) is 36.6 Å². The highest BCUT2D eigenvalue weighted by Crippen LogP contribution is 2.31. The summed E-state index contributed by atoms with van der Waals surface area (Å²) in [6.07, 6.45) is 5.64. The summed E-state index contributed by atoms with van der Waals surface area (Å²) in [5.74, 6) is 0.842. The molecule has 0 bridgehead atoms. The zero-order valence-corrected chi connectivity index (χ0v) is 13.4. The third-order valence-electron chi connectivity index (χ3n) is 3.43. The van der Waals surface area contributed by atoms with Crippen molar-refractivity contribution in [3.8, 4) is 11.3 Å². The van der Waals surface area contributed by atoms with Crippen molar-refractivity contribution in [2.45, 2.75) is 18.9 Å². The number of halogens is 2. The molecule has 2 aromatic rings. The summed E-state index contributed by atoms with van der Waals surface area (Å²) in [5, 5.41) is 6.57. The summed E-state index contributed by atoms with van der Waals surface area (Å²) in [7, 11) is 0. The van der Waals surface area contributed by atoms with E-state index in [4.69, 9.17) is 10.3 Å². The summed E-state index contributed by atoms with van der Waals surface area (Å²) in [4.78, 5) is 15.9. The number of nitrogens with zero attached hydrogens (tertiary/aromatic N) is 2. The van der Waals surface area contributed by atoms with Gasteiger partial charge in [0.2, 0.25) is 0 Å². The van der Waals surface area contributed by atoms with Crippen LogP contribution in [0.15, 0.2) is 35.1 Å². The van der Waals surface area contributed by atoms with Gasteiger partial charge in [-0.05, 0) is 30.9 Å². The highest BCUT2D eigenvalue weighted by atomic mass is 35.5. The number of amides is 1. The Labute approximate surface area is 140 Å². The lowest BCUT2D eigenvalue weighted by Gasteiger charge is -2.09. The molecule has 1 unspecified atom stereocenters. The number of hydrogen-bond acceptors (Lipinski definition) is 5. The van der Waals surface area contributed by atoms with E-state index in [1.54, 1.807) is 30.6 Å². The van der Waals surface area contributed by atoms with Crippen LogP contribution in [0.2, 0.25) is 0 Å². The molecular weight excluding hydrogens is 327 g/mol. The monoisotopic (exact) mass is 344 g/mol. The highest BCUT2D eigenvalue weighted by Gasteiger charge is 2.28. The summed E-state index contributed by atoms with van der Waals surface area (Å²) in [6, 6.07) is 5.24. The number of carbonyl (C=O) groups is 1. The Hall–Kier alpha value is -1.63. The lowest BCUT2D eigenvalue weighted by molar-refractivity contribution is 0.0941. The van der Waals surface area contributed by atoms with Gasteiger partial charge in [0.1, 0.15) is 0 Å². The lowest BCUT2D eigenvalue weighted by Crippen LogP contribution is -2.38. The van der Waals surface area contributed by atoms with Crippen molar-refractivity contribution in [2.75, 3.05) is 6.54 Å². The molecule has 0 spiro atoms. The number of nitrogens with two attached hydrogens (primary N) is 1. The number of aromatic nitrogens is 2. The Balaban J connectivity index is 0.00000121. The molecule has 0 radical (unpaired) electrons. The summed E-state index contributed by atoms with van der Waals surface area (Å²) in [5.41, 5.74) is 7.03. The van der Waals surface area contributed by atoms with Crippen LogP contribution >= 0.6 is 24.8 Å². The van der Waals surface area contributed by atoms with Crippen LogP contribution in [-0.2, 0) is 0 Å². The van der Waals surface area contributed by atoms with Gasteiger partial charge in [-0.1, -0.05) is 5.16 Å². The zero-order chi connectivity index (χ0) is 13.9. The number of carbonyl (C=O) groups excluding carboxylic acids is 1. The number of hydrogen-bond donors (Lipinski definition) is 2. The Morgan fingerprint density at radius 1 is 1.36 bits per heavy atom. The maximum Gasteiger partial charge on any atom is 0.273 e. The van der Waals surface area contributed by atoms with Crippen LogP contribution in [0.3, 0.4) is 0 Å². The van der Waals surface area contributed by atoms with E-state index in [1.165, 1.54) is 0 Å². The molecule has 2 heterocycles. The first-order valence-electron chi connectivity index (χ1n) is 6.65. The van der Waals surface area contributed by atoms with Crippen molar-refractivity contribution in [3.05, 3.63) is 36.3 Å². The van der Waals surface area contributed by atoms with Crippen LogP contribution in [0.5, 0.6) is 0 Å². The second kappa shape index (κ2) is 8.12. The quantitative estimate of drug-likeness (QED) is 0.865. The SMILES string of the molecule is Cl.Cl.NC(CNC(=O)c1cc(-c2ccncc2)on1)C1CC1. The van der Waals surface area contributed by atoms with Crippen molar-refractivity contribution < 1.29 is 9.32 Å². The normalized spacial score (nSPS) is 14.4. The average Bonchev–Trinajstić information content (AvgIpc) is 3.22. The number of rotatable bonds is 5. The van der Waals surface area contributed by atoms with Gasteiger partial charge in [-0.3, -0.25) is 9.78 Å². The fourth-order valence-electron chi connectivity index (χ4n) is 2.03. The van der Waals surface area contributed by atoms with E-state index in [9.17, 15) is 4.79 Å². The third kappa shape index (κ3) is 4.43. The Morgan fingerprint density at radius 3 is 2.68 bits per heavy atom.